The number of carbonyl (C=O) groups is 2. The van der Waals surface area contributed by atoms with Crippen LogP contribution in [0, 0.1) is 5.92 Å². The van der Waals surface area contributed by atoms with Gasteiger partial charge in [0.15, 0.2) is 0 Å². The third-order valence-corrected chi connectivity index (χ3v) is 5.16. The van der Waals surface area contributed by atoms with Crippen molar-refractivity contribution in [3.63, 3.8) is 0 Å². The van der Waals surface area contributed by atoms with Crippen LogP contribution in [0.4, 0.5) is 0 Å². The quantitative estimate of drug-likeness (QED) is 0.492. The van der Waals surface area contributed by atoms with Crippen molar-refractivity contribution in [2.75, 3.05) is 0 Å². The zero-order valence-corrected chi connectivity index (χ0v) is 18.0. The van der Waals surface area contributed by atoms with Crippen LogP contribution in [0.25, 0.3) is 6.08 Å². The van der Waals surface area contributed by atoms with E-state index in [0.29, 0.717) is 36.3 Å². The molecule has 156 valence electrons. The Bertz CT molecular complexity index is 891. The summed E-state index contributed by atoms with van der Waals surface area (Å²) >= 11 is 0. The van der Waals surface area contributed by atoms with Crippen LogP contribution in [0.3, 0.4) is 0 Å². The molecule has 3 rings (SSSR count). The normalized spacial score (nSPS) is 24.2. The van der Waals surface area contributed by atoms with E-state index in [0.717, 1.165) is 23.1 Å². The Morgan fingerprint density at radius 2 is 2.00 bits per heavy atom. The smallest absolute Gasteiger partial charge is 0.342 e. The molecule has 0 fully saturated rings. The van der Waals surface area contributed by atoms with E-state index in [4.69, 9.17) is 13.9 Å². The molecule has 0 aromatic carbocycles. The van der Waals surface area contributed by atoms with Crippen molar-refractivity contribution in [3.8, 4) is 0 Å². The summed E-state index contributed by atoms with van der Waals surface area (Å²) in [6.07, 6.45) is 6.05. The minimum absolute atomic E-state index is 0.0776. The second kappa shape index (κ2) is 8.05. The maximum atomic E-state index is 12.8. The Hall–Kier alpha value is -2.56. The lowest BCUT2D eigenvalue weighted by Gasteiger charge is -2.20. The monoisotopic (exact) mass is 398 g/mol. The third-order valence-electron chi connectivity index (χ3n) is 5.16. The van der Waals surface area contributed by atoms with Crippen LogP contribution >= 0.6 is 0 Å². The van der Waals surface area contributed by atoms with E-state index in [-0.39, 0.29) is 24.0 Å². The summed E-state index contributed by atoms with van der Waals surface area (Å²) in [6, 6.07) is 1.75. The molecule has 0 N–H and O–H groups in total. The summed E-state index contributed by atoms with van der Waals surface area (Å²) < 4.78 is 17.1. The van der Waals surface area contributed by atoms with E-state index >= 15 is 0 Å². The second-order valence-electron chi connectivity index (χ2n) is 9.10. The van der Waals surface area contributed by atoms with E-state index in [2.05, 4.69) is 6.58 Å². The minimum atomic E-state index is -0.588. The molecule has 5 heteroatoms. The Balaban J connectivity index is 1.99. The standard InChI is InChI=1S/C24H30O5/c1-14(2)16-7-8-17-11-18(28-22(17)25)9-15(3)10-19-13-20(21(12-16)27-19)23(26)29-24(4,5)6/h10-11,13,16,18H,1,7-9,12H2,2-6H3/b15-10-/t16-,18+/m0/s1. The molecule has 4 bridgehead atoms. The average Bonchev–Trinajstić information content (AvgIpc) is 3.12. The minimum Gasteiger partial charge on any atom is -0.461 e. The van der Waals surface area contributed by atoms with Crippen molar-refractivity contribution in [1.29, 1.82) is 0 Å². The molecule has 3 heterocycles. The lowest BCUT2D eigenvalue weighted by molar-refractivity contribution is -0.139. The van der Waals surface area contributed by atoms with Crippen molar-refractivity contribution in [2.24, 2.45) is 5.92 Å². The summed E-state index contributed by atoms with van der Waals surface area (Å²) in [4.78, 5) is 25.0. The number of fused-ring (bicyclic) bond motifs is 3. The van der Waals surface area contributed by atoms with Gasteiger partial charge in [-0.25, -0.2) is 9.59 Å². The molecule has 0 spiro atoms. The zero-order chi connectivity index (χ0) is 21.3. The van der Waals surface area contributed by atoms with Gasteiger partial charge in [-0.05, 0) is 71.6 Å². The number of rotatable bonds is 2. The van der Waals surface area contributed by atoms with E-state index < -0.39 is 5.60 Å². The van der Waals surface area contributed by atoms with Gasteiger partial charge < -0.3 is 13.9 Å². The van der Waals surface area contributed by atoms with Crippen molar-refractivity contribution < 1.29 is 23.5 Å². The summed E-state index contributed by atoms with van der Waals surface area (Å²) in [7, 11) is 0. The number of carbonyl (C=O) groups excluding carboxylic acids is 2. The first-order valence-electron chi connectivity index (χ1n) is 10.1. The number of hydrogen-bond donors (Lipinski definition) is 0. The molecule has 0 aliphatic carbocycles. The topological polar surface area (TPSA) is 65.7 Å². The molecule has 29 heavy (non-hydrogen) atoms. The molecule has 1 aromatic rings. The molecule has 0 saturated heterocycles. The molecule has 1 aromatic heterocycles. The molecule has 5 nitrogen and oxygen atoms in total. The van der Waals surface area contributed by atoms with Gasteiger partial charge in [0.05, 0.1) is 0 Å². The predicted molar refractivity (Wildman–Crippen MR) is 111 cm³/mol. The van der Waals surface area contributed by atoms with Crippen LogP contribution in [0.1, 0.15) is 75.8 Å². The fraction of sp³-hybridized carbons (Fsp3) is 0.500. The van der Waals surface area contributed by atoms with Crippen LogP contribution in [0.5, 0.6) is 0 Å². The summed E-state index contributed by atoms with van der Waals surface area (Å²) in [6.45, 7) is 13.6. The van der Waals surface area contributed by atoms with Gasteiger partial charge in [0.2, 0.25) is 0 Å². The first-order valence-corrected chi connectivity index (χ1v) is 10.1. The van der Waals surface area contributed by atoms with Crippen molar-refractivity contribution >= 4 is 18.0 Å². The predicted octanol–water partition coefficient (Wildman–Crippen LogP) is 5.41. The summed E-state index contributed by atoms with van der Waals surface area (Å²) in [5.74, 6) is 0.669. The van der Waals surface area contributed by atoms with Gasteiger partial charge in [0.25, 0.3) is 0 Å². The van der Waals surface area contributed by atoms with Crippen LogP contribution in [0.2, 0.25) is 0 Å². The second-order valence-corrected chi connectivity index (χ2v) is 9.10. The molecular formula is C24H30O5. The summed E-state index contributed by atoms with van der Waals surface area (Å²) in [5, 5.41) is 0. The first-order chi connectivity index (χ1) is 13.5. The van der Waals surface area contributed by atoms with Crippen molar-refractivity contribution in [3.05, 3.63) is 52.5 Å². The lowest BCUT2D eigenvalue weighted by atomic mass is 9.89. The van der Waals surface area contributed by atoms with E-state index in [1.807, 2.05) is 46.8 Å². The number of hydrogen-bond acceptors (Lipinski definition) is 5. The molecule has 0 saturated carbocycles. The zero-order valence-electron chi connectivity index (χ0n) is 18.0. The molecule has 2 aliphatic rings. The molecule has 0 radical (unpaired) electrons. The van der Waals surface area contributed by atoms with Crippen molar-refractivity contribution in [2.45, 2.75) is 72.0 Å². The van der Waals surface area contributed by atoms with Crippen LogP contribution < -0.4 is 0 Å². The largest absolute Gasteiger partial charge is 0.461 e. The fourth-order valence-corrected chi connectivity index (χ4v) is 3.70. The third kappa shape index (κ3) is 5.28. The molecule has 2 atom stereocenters. The van der Waals surface area contributed by atoms with Crippen LogP contribution in [-0.4, -0.2) is 23.6 Å². The van der Waals surface area contributed by atoms with E-state index in [1.54, 1.807) is 6.07 Å². The molecule has 2 aliphatic heterocycles. The van der Waals surface area contributed by atoms with Gasteiger partial charge in [-0.3, -0.25) is 0 Å². The summed E-state index contributed by atoms with van der Waals surface area (Å²) in [5.41, 5.74) is 2.59. The molecular weight excluding hydrogens is 368 g/mol. The van der Waals surface area contributed by atoms with Gasteiger partial charge in [-0.15, -0.1) is 0 Å². The maximum Gasteiger partial charge on any atom is 0.342 e. The van der Waals surface area contributed by atoms with Crippen LogP contribution in [0.15, 0.2) is 39.9 Å². The highest BCUT2D eigenvalue weighted by molar-refractivity contribution is 5.92. The SMILES string of the molecule is C=C(C)[C@H]1CCC2=C[C@@H](C/C(C)=C\c3cc(C(=O)OC(C)(C)C)c(o3)C1)OC2=O. The molecule has 0 unspecified atom stereocenters. The maximum absolute atomic E-state index is 12.8. The lowest BCUT2D eigenvalue weighted by Crippen LogP contribution is -2.24. The molecule has 0 amide bonds. The Morgan fingerprint density at radius 1 is 1.28 bits per heavy atom. The highest BCUT2D eigenvalue weighted by atomic mass is 16.6. The number of allylic oxidation sites excluding steroid dienone is 1. The Morgan fingerprint density at radius 3 is 2.66 bits per heavy atom. The number of ether oxygens (including phenoxy) is 2. The van der Waals surface area contributed by atoms with E-state index in [1.165, 1.54) is 0 Å². The van der Waals surface area contributed by atoms with Gasteiger partial charge >= 0.3 is 11.9 Å². The average molecular weight is 398 g/mol. The van der Waals surface area contributed by atoms with Gasteiger partial charge in [0.1, 0.15) is 28.8 Å². The first kappa shape index (κ1) is 21.2. The number of furan rings is 1. The van der Waals surface area contributed by atoms with E-state index in [9.17, 15) is 9.59 Å². The number of esters is 2. The van der Waals surface area contributed by atoms with Gasteiger partial charge in [-0.1, -0.05) is 17.7 Å². The Labute approximate surface area is 172 Å². The van der Waals surface area contributed by atoms with Crippen LogP contribution in [-0.2, 0) is 20.7 Å². The highest BCUT2D eigenvalue weighted by Crippen LogP contribution is 2.32. The van der Waals surface area contributed by atoms with Gasteiger partial charge in [0, 0.05) is 18.4 Å². The Kier molecular flexibility index (Phi) is 5.87. The van der Waals surface area contributed by atoms with Crippen molar-refractivity contribution in [1.82, 2.24) is 0 Å². The highest BCUT2D eigenvalue weighted by Gasteiger charge is 2.29. The van der Waals surface area contributed by atoms with Gasteiger partial charge in [-0.2, -0.15) is 0 Å². The fourth-order valence-electron chi connectivity index (χ4n) is 3.70.